The quantitative estimate of drug-likeness (QED) is 0.894. The van der Waals surface area contributed by atoms with Crippen molar-refractivity contribution < 1.29 is 14.7 Å². The minimum atomic E-state index is -0.706. The van der Waals surface area contributed by atoms with Crippen molar-refractivity contribution in [1.82, 2.24) is 5.32 Å². The van der Waals surface area contributed by atoms with Crippen LogP contribution in [0.2, 0.25) is 0 Å². The molecule has 0 saturated heterocycles. The van der Waals surface area contributed by atoms with Gasteiger partial charge in [-0.2, -0.15) is 0 Å². The fourth-order valence-corrected chi connectivity index (χ4v) is 3.34. The molecule has 112 valence electrons. The zero-order chi connectivity index (χ0) is 14.9. The van der Waals surface area contributed by atoms with Gasteiger partial charge in [0.05, 0.1) is 11.3 Å². The Morgan fingerprint density at radius 1 is 1.05 bits per heavy atom. The highest BCUT2D eigenvalue weighted by molar-refractivity contribution is 5.91. The first-order valence-electron chi connectivity index (χ1n) is 7.71. The molecule has 2 aliphatic rings. The number of amides is 1. The lowest BCUT2D eigenvalue weighted by Crippen LogP contribution is -2.43. The van der Waals surface area contributed by atoms with Gasteiger partial charge in [-0.25, -0.2) is 0 Å². The monoisotopic (exact) mass is 287 g/mol. The Labute approximate surface area is 124 Å². The van der Waals surface area contributed by atoms with Gasteiger partial charge in [0.2, 0.25) is 5.91 Å². The van der Waals surface area contributed by atoms with Crippen LogP contribution in [0.4, 0.5) is 0 Å². The highest BCUT2D eigenvalue weighted by Crippen LogP contribution is 2.48. The van der Waals surface area contributed by atoms with Gasteiger partial charge in [-0.1, -0.05) is 30.3 Å². The lowest BCUT2D eigenvalue weighted by molar-refractivity contribution is -0.142. The molecule has 0 atom stereocenters. The van der Waals surface area contributed by atoms with Crippen molar-refractivity contribution in [2.45, 2.75) is 50.0 Å². The van der Waals surface area contributed by atoms with Gasteiger partial charge in [0.25, 0.3) is 0 Å². The molecule has 4 nitrogen and oxygen atoms in total. The van der Waals surface area contributed by atoms with E-state index in [1.807, 2.05) is 30.3 Å². The average molecular weight is 287 g/mol. The maximum absolute atomic E-state index is 12.6. The second kappa shape index (κ2) is 5.51. The maximum Gasteiger partial charge on any atom is 0.306 e. The van der Waals surface area contributed by atoms with Crippen molar-refractivity contribution >= 4 is 11.9 Å². The summed E-state index contributed by atoms with van der Waals surface area (Å²) in [5.41, 5.74) is 0.770. The highest BCUT2D eigenvalue weighted by Gasteiger charge is 2.51. The molecule has 0 radical (unpaired) electrons. The maximum atomic E-state index is 12.6. The number of nitrogens with one attached hydrogen (secondary N) is 1. The summed E-state index contributed by atoms with van der Waals surface area (Å²) in [4.78, 5) is 23.5. The third-order valence-electron chi connectivity index (χ3n) is 4.92. The number of aliphatic carboxylic acids is 1. The predicted octanol–water partition coefficient (Wildman–Crippen LogP) is 2.48. The van der Waals surface area contributed by atoms with Gasteiger partial charge in [-0.3, -0.25) is 9.59 Å². The smallest absolute Gasteiger partial charge is 0.306 e. The number of benzene rings is 1. The summed E-state index contributed by atoms with van der Waals surface area (Å²) in [7, 11) is 0. The molecule has 0 bridgehead atoms. The first kappa shape index (κ1) is 14.1. The number of carbonyl (C=O) groups excluding carboxylic acids is 1. The molecule has 2 fully saturated rings. The lowest BCUT2D eigenvalue weighted by Gasteiger charge is -2.28. The van der Waals surface area contributed by atoms with Crippen LogP contribution in [0.5, 0.6) is 0 Å². The summed E-state index contributed by atoms with van der Waals surface area (Å²) < 4.78 is 0. The number of carbonyl (C=O) groups is 2. The minimum Gasteiger partial charge on any atom is -0.481 e. The summed E-state index contributed by atoms with van der Waals surface area (Å²) in [6, 6.07) is 10.1. The van der Waals surface area contributed by atoms with E-state index < -0.39 is 5.97 Å². The molecule has 0 heterocycles. The van der Waals surface area contributed by atoms with Crippen LogP contribution in [0.15, 0.2) is 30.3 Å². The Hall–Kier alpha value is -1.84. The van der Waals surface area contributed by atoms with Crippen molar-refractivity contribution in [2.75, 3.05) is 0 Å². The molecule has 4 heteroatoms. The Morgan fingerprint density at radius 3 is 2.19 bits per heavy atom. The summed E-state index contributed by atoms with van der Waals surface area (Å²) in [5.74, 6) is -0.822. The van der Waals surface area contributed by atoms with Gasteiger partial charge < -0.3 is 10.4 Å². The molecule has 1 aromatic carbocycles. The van der Waals surface area contributed by atoms with Crippen LogP contribution in [0.1, 0.15) is 44.1 Å². The van der Waals surface area contributed by atoms with Crippen LogP contribution in [0, 0.1) is 5.92 Å². The van der Waals surface area contributed by atoms with Crippen LogP contribution in [0.25, 0.3) is 0 Å². The van der Waals surface area contributed by atoms with Crippen molar-refractivity contribution in [1.29, 1.82) is 0 Å². The lowest BCUT2D eigenvalue weighted by atomic mass is 9.85. The van der Waals surface area contributed by atoms with E-state index in [0.717, 1.165) is 31.2 Å². The summed E-state index contributed by atoms with van der Waals surface area (Å²) in [5, 5.41) is 12.2. The summed E-state index contributed by atoms with van der Waals surface area (Å²) >= 11 is 0. The van der Waals surface area contributed by atoms with E-state index in [1.54, 1.807) is 0 Å². The van der Waals surface area contributed by atoms with Gasteiger partial charge >= 0.3 is 5.97 Å². The topological polar surface area (TPSA) is 66.4 Å². The highest BCUT2D eigenvalue weighted by atomic mass is 16.4. The molecule has 0 aliphatic heterocycles. The molecule has 0 aromatic heterocycles. The van der Waals surface area contributed by atoms with E-state index >= 15 is 0 Å². The Balaban J connectivity index is 1.59. The molecular weight excluding hydrogens is 266 g/mol. The third-order valence-corrected chi connectivity index (χ3v) is 4.92. The summed E-state index contributed by atoms with van der Waals surface area (Å²) in [6.07, 6.45) is 4.69. The number of hydrogen-bond donors (Lipinski definition) is 2. The van der Waals surface area contributed by atoms with Crippen LogP contribution in [-0.2, 0) is 15.0 Å². The second-order valence-corrected chi connectivity index (χ2v) is 6.31. The van der Waals surface area contributed by atoms with Crippen LogP contribution >= 0.6 is 0 Å². The van der Waals surface area contributed by atoms with E-state index in [4.69, 9.17) is 5.11 Å². The van der Waals surface area contributed by atoms with Gasteiger partial charge in [-0.15, -0.1) is 0 Å². The van der Waals surface area contributed by atoms with Crippen molar-refractivity contribution in [3.63, 3.8) is 0 Å². The minimum absolute atomic E-state index is 0.118. The molecule has 1 aromatic rings. The van der Waals surface area contributed by atoms with Crippen molar-refractivity contribution in [2.24, 2.45) is 5.92 Å². The average Bonchev–Trinajstić information content (AvgIpc) is 3.30. The zero-order valence-electron chi connectivity index (χ0n) is 12.0. The second-order valence-electron chi connectivity index (χ2n) is 6.31. The van der Waals surface area contributed by atoms with Gasteiger partial charge in [0.1, 0.15) is 0 Å². The molecule has 1 amide bonds. The van der Waals surface area contributed by atoms with Crippen molar-refractivity contribution in [3.05, 3.63) is 35.9 Å². The van der Waals surface area contributed by atoms with Crippen LogP contribution in [-0.4, -0.2) is 23.0 Å². The molecule has 2 N–H and O–H groups in total. The molecule has 0 spiro atoms. The fraction of sp³-hybridized carbons (Fsp3) is 0.529. The molecular formula is C17H21NO3. The Bertz CT molecular complexity index is 528. The molecule has 2 aliphatic carbocycles. The number of carboxylic acid groups (broad SMARTS) is 1. The largest absolute Gasteiger partial charge is 0.481 e. The van der Waals surface area contributed by atoms with E-state index in [1.165, 1.54) is 0 Å². The van der Waals surface area contributed by atoms with Crippen LogP contribution in [0.3, 0.4) is 0 Å². The fourth-order valence-electron chi connectivity index (χ4n) is 3.34. The first-order chi connectivity index (χ1) is 10.1. The van der Waals surface area contributed by atoms with Gasteiger partial charge in [0.15, 0.2) is 0 Å². The molecule has 2 saturated carbocycles. The Morgan fingerprint density at radius 2 is 1.67 bits per heavy atom. The standard InChI is InChI=1S/C17H21NO3/c19-15(20)12-6-8-14(9-7-12)18-16(21)17(10-11-17)13-4-2-1-3-5-13/h1-5,12,14H,6-11H2,(H,18,21)(H,19,20). The number of carboxylic acids is 1. The Kier molecular flexibility index (Phi) is 3.70. The first-order valence-corrected chi connectivity index (χ1v) is 7.71. The van der Waals surface area contributed by atoms with Gasteiger partial charge in [-0.05, 0) is 44.1 Å². The normalized spacial score (nSPS) is 26.9. The third kappa shape index (κ3) is 2.80. The molecule has 3 rings (SSSR count). The van der Waals surface area contributed by atoms with E-state index in [9.17, 15) is 9.59 Å². The zero-order valence-corrected chi connectivity index (χ0v) is 12.0. The molecule has 21 heavy (non-hydrogen) atoms. The summed E-state index contributed by atoms with van der Waals surface area (Å²) in [6.45, 7) is 0. The SMILES string of the molecule is O=C(O)C1CCC(NC(=O)C2(c3ccccc3)CC2)CC1. The number of hydrogen-bond acceptors (Lipinski definition) is 2. The van der Waals surface area contributed by atoms with E-state index in [-0.39, 0.29) is 23.3 Å². The van der Waals surface area contributed by atoms with E-state index in [2.05, 4.69) is 5.32 Å². The van der Waals surface area contributed by atoms with Crippen molar-refractivity contribution in [3.8, 4) is 0 Å². The van der Waals surface area contributed by atoms with E-state index in [0.29, 0.717) is 12.8 Å². The van der Waals surface area contributed by atoms with Gasteiger partial charge in [0, 0.05) is 6.04 Å². The predicted molar refractivity (Wildman–Crippen MR) is 78.9 cm³/mol. The number of rotatable bonds is 4. The van der Waals surface area contributed by atoms with Crippen LogP contribution < -0.4 is 5.32 Å². The molecule has 0 unspecified atom stereocenters.